The lowest BCUT2D eigenvalue weighted by Crippen LogP contribution is -2.38. The lowest BCUT2D eigenvalue weighted by Gasteiger charge is -2.26. The Bertz CT molecular complexity index is 436. The number of piperidine rings is 1. The van der Waals surface area contributed by atoms with Crippen LogP contribution < -0.4 is 5.32 Å². The molecule has 0 bridgehead atoms. The number of nitrogens with one attached hydrogen (secondary N) is 1. The Labute approximate surface area is 133 Å². The normalized spacial score (nSPS) is 27.4. The van der Waals surface area contributed by atoms with Crippen LogP contribution in [0.5, 0.6) is 0 Å². The summed E-state index contributed by atoms with van der Waals surface area (Å²) in [7, 11) is 0. The predicted octanol–water partition coefficient (Wildman–Crippen LogP) is 2.65. The van der Waals surface area contributed by atoms with E-state index in [1.54, 1.807) is 0 Å². The number of amides is 2. The van der Waals surface area contributed by atoms with Crippen LogP contribution in [0.25, 0.3) is 0 Å². The van der Waals surface area contributed by atoms with Crippen LogP contribution in [0, 0.1) is 23.2 Å². The van der Waals surface area contributed by atoms with Gasteiger partial charge >= 0.3 is 6.09 Å². The summed E-state index contributed by atoms with van der Waals surface area (Å²) in [6, 6.07) is 0. The Kier molecular flexibility index (Phi) is 4.46. The Balaban J connectivity index is 1.67. The van der Waals surface area contributed by atoms with E-state index in [2.05, 4.69) is 5.32 Å². The summed E-state index contributed by atoms with van der Waals surface area (Å²) in [6.45, 7) is 13.8. The third-order valence-corrected chi connectivity index (χ3v) is 4.47. The lowest BCUT2D eigenvalue weighted by molar-refractivity contribution is -0.128. The Hall–Kier alpha value is -1.26. The smallest absolute Gasteiger partial charge is 0.410 e. The zero-order valence-electron chi connectivity index (χ0n) is 14.7. The number of ether oxygens (including phenoxy) is 1. The molecule has 2 amide bonds. The number of carbonyl (C=O) groups excluding carboxylic acids is 2. The van der Waals surface area contributed by atoms with E-state index in [1.165, 1.54) is 0 Å². The molecule has 0 aromatic heterocycles. The first-order valence-electron chi connectivity index (χ1n) is 8.25. The summed E-state index contributed by atoms with van der Waals surface area (Å²) < 4.78 is 5.41. The molecule has 2 fully saturated rings. The Morgan fingerprint density at radius 2 is 1.64 bits per heavy atom. The number of rotatable bonds is 3. The van der Waals surface area contributed by atoms with Gasteiger partial charge in [0, 0.05) is 25.0 Å². The topological polar surface area (TPSA) is 58.6 Å². The fourth-order valence-electron chi connectivity index (χ4n) is 3.17. The zero-order valence-corrected chi connectivity index (χ0v) is 14.7. The zero-order chi connectivity index (χ0) is 16.7. The van der Waals surface area contributed by atoms with Crippen LogP contribution in [0.3, 0.4) is 0 Å². The van der Waals surface area contributed by atoms with Crippen molar-refractivity contribution in [3.8, 4) is 0 Å². The van der Waals surface area contributed by atoms with Crippen molar-refractivity contribution in [2.75, 3.05) is 19.6 Å². The highest BCUT2D eigenvalue weighted by Gasteiger charge is 2.56. The molecule has 5 nitrogen and oxygen atoms in total. The van der Waals surface area contributed by atoms with Gasteiger partial charge in [-0.15, -0.1) is 0 Å². The van der Waals surface area contributed by atoms with Gasteiger partial charge in [0.2, 0.25) is 5.91 Å². The van der Waals surface area contributed by atoms with Gasteiger partial charge in [0.25, 0.3) is 0 Å². The van der Waals surface area contributed by atoms with E-state index in [0.29, 0.717) is 17.8 Å². The number of carbonyl (C=O) groups is 2. The largest absolute Gasteiger partial charge is 0.444 e. The molecule has 1 heterocycles. The maximum atomic E-state index is 12.0. The maximum Gasteiger partial charge on any atom is 0.410 e. The second kappa shape index (κ2) is 5.74. The van der Waals surface area contributed by atoms with E-state index >= 15 is 0 Å². The SMILES string of the molecule is CC(C)(C)OC(=O)N1C[C@@H]2[C@@H](CCNC(=O)C(C)(C)C)[C@@H]2C1. The summed E-state index contributed by atoms with van der Waals surface area (Å²) in [5.41, 5.74) is -0.757. The molecule has 0 aromatic carbocycles. The predicted molar refractivity (Wildman–Crippen MR) is 85.4 cm³/mol. The number of likely N-dealkylation sites (tertiary alicyclic amines) is 1. The average Bonchev–Trinajstić information content (AvgIpc) is 2.80. The van der Waals surface area contributed by atoms with Gasteiger partial charge in [-0.2, -0.15) is 0 Å². The van der Waals surface area contributed by atoms with Gasteiger partial charge < -0.3 is 15.0 Å². The molecule has 0 radical (unpaired) electrons. The highest BCUT2D eigenvalue weighted by atomic mass is 16.6. The number of nitrogens with zero attached hydrogens (tertiary/aromatic N) is 1. The van der Waals surface area contributed by atoms with Gasteiger partial charge in [-0.3, -0.25) is 4.79 Å². The monoisotopic (exact) mass is 310 g/mol. The highest BCUT2D eigenvalue weighted by Crippen LogP contribution is 2.53. The van der Waals surface area contributed by atoms with Gasteiger partial charge in [0.15, 0.2) is 0 Å². The summed E-state index contributed by atoms with van der Waals surface area (Å²) in [4.78, 5) is 25.6. The highest BCUT2D eigenvalue weighted by molar-refractivity contribution is 5.81. The van der Waals surface area contributed by atoms with Crippen LogP contribution in [-0.2, 0) is 9.53 Å². The summed E-state index contributed by atoms with van der Waals surface area (Å²) in [5, 5.41) is 3.00. The second-order valence-corrected chi connectivity index (χ2v) is 8.67. The van der Waals surface area contributed by atoms with Crippen molar-refractivity contribution in [2.45, 2.75) is 53.6 Å². The second-order valence-electron chi connectivity index (χ2n) is 8.67. The minimum absolute atomic E-state index is 0.105. The molecular weight excluding hydrogens is 280 g/mol. The molecule has 1 saturated heterocycles. The molecule has 2 aliphatic rings. The Morgan fingerprint density at radius 1 is 1.09 bits per heavy atom. The summed E-state index contributed by atoms with van der Waals surface area (Å²) >= 11 is 0. The number of hydrogen-bond acceptors (Lipinski definition) is 3. The van der Waals surface area contributed by atoms with Crippen molar-refractivity contribution in [1.82, 2.24) is 10.2 Å². The lowest BCUT2D eigenvalue weighted by atomic mass is 9.95. The van der Waals surface area contributed by atoms with E-state index in [4.69, 9.17) is 4.74 Å². The minimum atomic E-state index is -0.430. The van der Waals surface area contributed by atoms with Crippen molar-refractivity contribution >= 4 is 12.0 Å². The molecule has 5 heteroatoms. The molecule has 1 saturated carbocycles. The summed E-state index contributed by atoms with van der Waals surface area (Å²) in [6.07, 6.45) is 0.818. The molecule has 1 aliphatic heterocycles. The summed E-state index contributed by atoms with van der Waals surface area (Å²) in [5.74, 6) is 1.95. The van der Waals surface area contributed by atoms with Gasteiger partial charge in [-0.25, -0.2) is 4.79 Å². The van der Waals surface area contributed by atoms with E-state index in [9.17, 15) is 9.59 Å². The van der Waals surface area contributed by atoms with Crippen molar-refractivity contribution in [3.63, 3.8) is 0 Å². The van der Waals surface area contributed by atoms with E-state index in [0.717, 1.165) is 26.1 Å². The molecule has 0 aromatic rings. The molecule has 1 aliphatic carbocycles. The quantitative estimate of drug-likeness (QED) is 0.872. The standard InChI is InChI=1S/C17H30N2O3/c1-16(2,3)14(20)18-8-7-11-12-9-19(10-13(11)12)15(21)22-17(4,5)6/h11-13H,7-10H2,1-6H3,(H,18,20)/t11-,12-,13+. The van der Waals surface area contributed by atoms with E-state index < -0.39 is 5.60 Å². The van der Waals surface area contributed by atoms with Crippen molar-refractivity contribution in [2.24, 2.45) is 23.2 Å². The molecule has 0 unspecified atom stereocenters. The van der Waals surface area contributed by atoms with Gasteiger partial charge in [-0.1, -0.05) is 20.8 Å². The third-order valence-electron chi connectivity index (χ3n) is 4.47. The van der Waals surface area contributed by atoms with E-state index in [-0.39, 0.29) is 17.4 Å². The average molecular weight is 310 g/mol. The van der Waals surface area contributed by atoms with Gasteiger partial charge in [-0.05, 0) is 44.9 Å². The molecule has 22 heavy (non-hydrogen) atoms. The molecule has 126 valence electrons. The molecule has 2 rings (SSSR count). The number of fused-ring (bicyclic) bond motifs is 1. The van der Waals surface area contributed by atoms with Crippen LogP contribution in [0.4, 0.5) is 4.79 Å². The van der Waals surface area contributed by atoms with Crippen LogP contribution in [0.1, 0.15) is 48.0 Å². The van der Waals surface area contributed by atoms with Crippen molar-refractivity contribution in [3.05, 3.63) is 0 Å². The Morgan fingerprint density at radius 3 is 2.09 bits per heavy atom. The van der Waals surface area contributed by atoms with Crippen LogP contribution >= 0.6 is 0 Å². The first kappa shape index (κ1) is 17.1. The van der Waals surface area contributed by atoms with Crippen molar-refractivity contribution < 1.29 is 14.3 Å². The first-order chi connectivity index (χ1) is 9.99. The van der Waals surface area contributed by atoms with Crippen LogP contribution in [-0.4, -0.2) is 42.1 Å². The molecule has 3 atom stereocenters. The van der Waals surface area contributed by atoms with Crippen molar-refractivity contribution in [1.29, 1.82) is 0 Å². The third kappa shape index (κ3) is 4.14. The van der Waals surface area contributed by atoms with Crippen LogP contribution in [0.15, 0.2) is 0 Å². The van der Waals surface area contributed by atoms with E-state index in [1.807, 2.05) is 46.4 Å². The first-order valence-corrected chi connectivity index (χ1v) is 8.25. The number of hydrogen-bond donors (Lipinski definition) is 1. The van der Waals surface area contributed by atoms with Gasteiger partial charge in [0.1, 0.15) is 5.60 Å². The van der Waals surface area contributed by atoms with Crippen LogP contribution in [0.2, 0.25) is 0 Å². The molecular formula is C17H30N2O3. The molecule has 1 N–H and O–H groups in total. The molecule has 0 spiro atoms. The fraction of sp³-hybridized carbons (Fsp3) is 0.882. The maximum absolute atomic E-state index is 12.0. The van der Waals surface area contributed by atoms with Gasteiger partial charge in [0.05, 0.1) is 0 Å². The fourth-order valence-corrected chi connectivity index (χ4v) is 3.17. The minimum Gasteiger partial charge on any atom is -0.444 e.